The highest BCUT2D eigenvalue weighted by atomic mass is 15.1. The highest BCUT2D eigenvalue weighted by Crippen LogP contribution is 2.34. The predicted molar refractivity (Wildman–Crippen MR) is 85.2 cm³/mol. The molecule has 1 N–H and O–H groups in total. The van der Waals surface area contributed by atoms with E-state index in [1.54, 1.807) is 5.56 Å². The van der Waals surface area contributed by atoms with Crippen LogP contribution in [0.2, 0.25) is 0 Å². The molecule has 102 valence electrons. The van der Waals surface area contributed by atoms with Gasteiger partial charge in [0.05, 0.1) is 5.52 Å². The monoisotopic (exact) mass is 264 g/mol. The maximum atomic E-state index is 3.65. The summed E-state index contributed by atoms with van der Waals surface area (Å²) in [6.45, 7) is 4.51. The smallest absolute Gasteiger partial charge is 0.0513 e. The molecular weight excluding hydrogens is 244 g/mol. The van der Waals surface area contributed by atoms with Crippen LogP contribution in [0.5, 0.6) is 0 Å². The van der Waals surface area contributed by atoms with Crippen molar-refractivity contribution in [3.8, 4) is 0 Å². The predicted octanol–water partition coefficient (Wildman–Crippen LogP) is 3.87. The van der Waals surface area contributed by atoms with E-state index in [9.17, 15) is 0 Å². The molecule has 0 amide bonds. The van der Waals surface area contributed by atoms with Gasteiger partial charge < -0.3 is 9.88 Å². The van der Waals surface area contributed by atoms with Gasteiger partial charge in [0.15, 0.2) is 0 Å². The highest BCUT2D eigenvalue weighted by Gasteiger charge is 2.20. The molecule has 0 radical (unpaired) electrons. The fraction of sp³-hybridized carbons (Fsp3) is 0.333. The van der Waals surface area contributed by atoms with Crippen molar-refractivity contribution in [1.29, 1.82) is 0 Å². The van der Waals surface area contributed by atoms with Crippen molar-refractivity contribution in [2.24, 2.45) is 0 Å². The average molecular weight is 264 g/mol. The van der Waals surface area contributed by atoms with Gasteiger partial charge in [-0.05, 0) is 48.7 Å². The van der Waals surface area contributed by atoms with E-state index < -0.39 is 0 Å². The Morgan fingerprint density at radius 1 is 1.15 bits per heavy atom. The Hall–Kier alpha value is -1.80. The van der Waals surface area contributed by atoms with Gasteiger partial charge in [-0.1, -0.05) is 25.1 Å². The second-order valence-electron chi connectivity index (χ2n) is 5.93. The average Bonchev–Trinajstić information content (AvgIpc) is 2.85. The van der Waals surface area contributed by atoms with Gasteiger partial charge in [-0.15, -0.1) is 0 Å². The minimum Gasteiger partial charge on any atom is -0.354 e. The lowest BCUT2D eigenvalue weighted by Gasteiger charge is -2.27. The van der Waals surface area contributed by atoms with E-state index in [2.05, 4.69) is 54.2 Å². The number of hydrogen-bond acceptors (Lipinski definition) is 1. The minimum atomic E-state index is 1.06. The van der Waals surface area contributed by atoms with Crippen molar-refractivity contribution in [3.63, 3.8) is 0 Å². The van der Waals surface area contributed by atoms with Crippen LogP contribution in [0.15, 0.2) is 30.3 Å². The molecule has 1 aliphatic heterocycles. The van der Waals surface area contributed by atoms with E-state index >= 15 is 0 Å². The number of hydrogen-bond donors (Lipinski definition) is 1. The first-order valence-electron chi connectivity index (χ1n) is 7.50. The molecule has 0 unspecified atom stereocenters. The number of para-hydroxylation sites is 1. The van der Waals surface area contributed by atoms with E-state index in [1.807, 2.05) is 0 Å². The maximum absolute atomic E-state index is 3.65. The van der Waals surface area contributed by atoms with Crippen LogP contribution in [-0.2, 0) is 19.4 Å². The summed E-state index contributed by atoms with van der Waals surface area (Å²) >= 11 is 0. The first-order valence-corrected chi connectivity index (χ1v) is 7.50. The summed E-state index contributed by atoms with van der Waals surface area (Å²) in [5, 5.41) is 2.75. The van der Waals surface area contributed by atoms with Crippen LogP contribution >= 0.6 is 0 Å². The molecule has 2 heterocycles. The molecule has 20 heavy (non-hydrogen) atoms. The molecule has 3 aromatic rings. The Labute approximate surface area is 119 Å². The van der Waals surface area contributed by atoms with Crippen molar-refractivity contribution in [2.75, 3.05) is 13.6 Å². The second kappa shape index (κ2) is 4.35. The van der Waals surface area contributed by atoms with Crippen molar-refractivity contribution >= 4 is 21.8 Å². The third-order valence-corrected chi connectivity index (χ3v) is 4.67. The second-order valence-corrected chi connectivity index (χ2v) is 5.93. The van der Waals surface area contributed by atoms with E-state index in [-0.39, 0.29) is 0 Å². The van der Waals surface area contributed by atoms with E-state index in [1.165, 1.54) is 45.9 Å². The number of rotatable bonds is 1. The Bertz CT molecular complexity index is 798. The number of fused-ring (bicyclic) bond motifs is 5. The van der Waals surface area contributed by atoms with Crippen LogP contribution in [-0.4, -0.2) is 23.5 Å². The van der Waals surface area contributed by atoms with Gasteiger partial charge in [0.1, 0.15) is 0 Å². The summed E-state index contributed by atoms with van der Waals surface area (Å²) < 4.78 is 0. The molecule has 0 saturated carbocycles. The van der Waals surface area contributed by atoms with Crippen LogP contribution in [0.1, 0.15) is 23.6 Å². The van der Waals surface area contributed by atoms with Gasteiger partial charge in [-0.25, -0.2) is 0 Å². The van der Waals surface area contributed by atoms with Crippen molar-refractivity contribution < 1.29 is 0 Å². The van der Waals surface area contributed by atoms with Crippen LogP contribution in [0.3, 0.4) is 0 Å². The molecule has 0 saturated heterocycles. The number of aromatic amines is 1. The molecule has 0 atom stereocenters. The van der Waals surface area contributed by atoms with E-state index in [0.29, 0.717) is 0 Å². The molecule has 4 rings (SSSR count). The lowest BCUT2D eigenvalue weighted by Crippen LogP contribution is -2.27. The van der Waals surface area contributed by atoms with E-state index in [4.69, 9.17) is 0 Å². The summed E-state index contributed by atoms with van der Waals surface area (Å²) in [4.78, 5) is 6.07. The van der Waals surface area contributed by atoms with Gasteiger partial charge in [-0.3, -0.25) is 0 Å². The summed E-state index contributed by atoms with van der Waals surface area (Å²) in [5.74, 6) is 0. The number of H-pyrrole nitrogens is 1. The Morgan fingerprint density at radius 3 is 2.85 bits per heavy atom. The number of likely N-dealkylation sites (N-methyl/N-ethyl adjacent to an activating group) is 1. The van der Waals surface area contributed by atoms with E-state index in [0.717, 1.165) is 13.0 Å². The van der Waals surface area contributed by atoms with Gasteiger partial charge in [0, 0.05) is 29.4 Å². The Morgan fingerprint density at radius 2 is 2.00 bits per heavy atom. The van der Waals surface area contributed by atoms with Gasteiger partial charge in [-0.2, -0.15) is 0 Å². The number of aryl methyl sites for hydroxylation is 1. The first-order chi connectivity index (χ1) is 9.78. The number of nitrogens with one attached hydrogen (secondary N) is 1. The maximum Gasteiger partial charge on any atom is 0.0513 e. The Kier molecular flexibility index (Phi) is 2.61. The van der Waals surface area contributed by atoms with Crippen molar-refractivity contribution in [1.82, 2.24) is 9.88 Å². The summed E-state index contributed by atoms with van der Waals surface area (Å²) in [6, 6.07) is 11.1. The first kappa shape index (κ1) is 12.0. The van der Waals surface area contributed by atoms with Gasteiger partial charge >= 0.3 is 0 Å². The normalized spacial score (nSPS) is 15.9. The molecule has 2 heteroatoms. The summed E-state index contributed by atoms with van der Waals surface area (Å²) in [6.07, 6.45) is 2.31. The number of aromatic nitrogens is 1. The molecule has 1 aliphatic rings. The molecule has 2 aromatic carbocycles. The molecule has 0 aliphatic carbocycles. The molecule has 0 bridgehead atoms. The summed E-state index contributed by atoms with van der Waals surface area (Å²) in [5.41, 5.74) is 7.25. The minimum absolute atomic E-state index is 1.06. The fourth-order valence-electron chi connectivity index (χ4n) is 3.61. The third-order valence-electron chi connectivity index (χ3n) is 4.67. The van der Waals surface area contributed by atoms with Crippen molar-refractivity contribution in [2.45, 2.75) is 26.3 Å². The molecule has 2 nitrogen and oxygen atoms in total. The molecule has 1 aromatic heterocycles. The van der Waals surface area contributed by atoms with Gasteiger partial charge in [0.25, 0.3) is 0 Å². The highest BCUT2D eigenvalue weighted by molar-refractivity contribution is 6.08. The topological polar surface area (TPSA) is 19.0 Å². The lowest BCUT2D eigenvalue weighted by atomic mass is 9.91. The number of nitrogens with zero attached hydrogens (tertiary/aromatic N) is 1. The number of benzene rings is 2. The van der Waals surface area contributed by atoms with Crippen LogP contribution < -0.4 is 0 Å². The zero-order chi connectivity index (χ0) is 13.7. The molecule has 0 spiro atoms. The van der Waals surface area contributed by atoms with Crippen LogP contribution in [0.25, 0.3) is 21.8 Å². The lowest BCUT2D eigenvalue weighted by molar-refractivity contribution is 0.313. The third kappa shape index (κ3) is 1.61. The Balaban J connectivity index is 2.13. The van der Waals surface area contributed by atoms with Gasteiger partial charge in [0.2, 0.25) is 0 Å². The van der Waals surface area contributed by atoms with Crippen LogP contribution in [0.4, 0.5) is 0 Å². The zero-order valence-electron chi connectivity index (χ0n) is 12.2. The standard InChI is InChI=1S/C18H20N2/c1-3-12-10-15-14-6-4-5-7-17(14)19-18(15)16-11-20(2)9-8-13(12)16/h4-7,10,19H,3,8-9,11H2,1-2H3. The molecule has 0 fully saturated rings. The van der Waals surface area contributed by atoms with Crippen molar-refractivity contribution in [3.05, 3.63) is 47.0 Å². The fourth-order valence-corrected chi connectivity index (χ4v) is 3.61. The quantitative estimate of drug-likeness (QED) is 0.707. The summed E-state index contributed by atoms with van der Waals surface area (Å²) in [7, 11) is 2.22. The zero-order valence-corrected chi connectivity index (χ0v) is 12.2. The van der Waals surface area contributed by atoms with Crippen LogP contribution in [0, 0.1) is 0 Å². The molecular formula is C18H20N2. The SMILES string of the molecule is CCc1cc2c([nH]c3ccccc32)c2c1CCN(C)C2. The largest absolute Gasteiger partial charge is 0.354 e.